The molecule has 140 valence electrons. The third-order valence-electron chi connectivity index (χ3n) is 3.62. The van der Waals surface area contributed by atoms with E-state index in [4.69, 9.17) is 4.74 Å². The number of amides is 2. The van der Waals surface area contributed by atoms with Gasteiger partial charge >= 0.3 is 12.0 Å². The van der Waals surface area contributed by atoms with Crippen LogP contribution < -0.4 is 10.6 Å². The number of hydrogen-bond acceptors (Lipinski definition) is 6. The number of anilines is 1. The molecule has 0 aliphatic heterocycles. The predicted molar refractivity (Wildman–Crippen MR) is 95.1 cm³/mol. The Hall–Kier alpha value is -2.97. The maximum absolute atomic E-state index is 12.4. The van der Waals surface area contributed by atoms with Crippen molar-refractivity contribution in [2.45, 2.75) is 46.4 Å². The molecule has 2 rings (SSSR count). The van der Waals surface area contributed by atoms with Crippen LogP contribution in [-0.2, 0) is 22.7 Å². The zero-order valence-corrected chi connectivity index (χ0v) is 15.2. The molecule has 0 bridgehead atoms. The molecule has 9 heteroatoms. The van der Waals surface area contributed by atoms with E-state index >= 15 is 0 Å². The topological polar surface area (TPSA) is 111 Å². The van der Waals surface area contributed by atoms with Crippen molar-refractivity contribution < 1.29 is 14.3 Å². The number of esters is 1. The lowest BCUT2D eigenvalue weighted by molar-refractivity contribution is -0.148. The minimum Gasteiger partial charge on any atom is -0.456 e. The van der Waals surface area contributed by atoms with Gasteiger partial charge in [-0.1, -0.05) is 39.0 Å². The maximum Gasteiger partial charge on any atom is 0.329 e. The van der Waals surface area contributed by atoms with Gasteiger partial charge in [-0.25, -0.2) is 14.3 Å². The Morgan fingerprint density at radius 2 is 1.96 bits per heavy atom. The molecule has 2 amide bonds. The fraction of sp³-hybridized carbons (Fsp3) is 0.471. The van der Waals surface area contributed by atoms with E-state index in [0.29, 0.717) is 18.1 Å². The van der Waals surface area contributed by atoms with Crippen molar-refractivity contribution in [3.8, 4) is 0 Å². The first-order valence-electron chi connectivity index (χ1n) is 8.55. The van der Waals surface area contributed by atoms with Gasteiger partial charge in [0.1, 0.15) is 6.04 Å². The average molecular weight is 360 g/mol. The largest absolute Gasteiger partial charge is 0.456 e. The SMILES string of the molecule is CCCn1nnnc1COC(=O)[C@@H](NC(=O)Nc1ccccc1)C(C)C. The fourth-order valence-corrected chi connectivity index (χ4v) is 2.27. The highest BCUT2D eigenvalue weighted by atomic mass is 16.5. The summed E-state index contributed by atoms with van der Waals surface area (Å²) < 4.78 is 6.89. The van der Waals surface area contributed by atoms with Crippen molar-refractivity contribution in [1.29, 1.82) is 0 Å². The Morgan fingerprint density at radius 3 is 2.62 bits per heavy atom. The van der Waals surface area contributed by atoms with Crippen LogP contribution in [0.3, 0.4) is 0 Å². The summed E-state index contributed by atoms with van der Waals surface area (Å²) >= 11 is 0. The summed E-state index contributed by atoms with van der Waals surface area (Å²) in [5.41, 5.74) is 0.639. The molecule has 0 unspecified atom stereocenters. The molecule has 0 fully saturated rings. The second-order valence-electron chi connectivity index (χ2n) is 6.11. The summed E-state index contributed by atoms with van der Waals surface area (Å²) in [5, 5.41) is 16.6. The van der Waals surface area contributed by atoms with Gasteiger partial charge in [-0.05, 0) is 34.9 Å². The number of ether oxygens (including phenoxy) is 1. The van der Waals surface area contributed by atoms with Crippen molar-refractivity contribution in [1.82, 2.24) is 25.5 Å². The molecule has 0 saturated carbocycles. The van der Waals surface area contributed by atoms with Crippen molar-refractivity contribution in [3.05, 3.63) is 36.2 Å². The van der Waals surface area contributed by atoms with Gasteiger partial charge in [0.25, 0.3) is 0 Å². The number of tetrazole rings is 1. The van der Waals surface area contributed by atoms with Gasteiger partial charge in [-0.15, -0.1) is 5.10 Å². The van der Waals surface area contributed by atoms with E-state index in [0.717, 1.165) is 6.42 Å². The van der Waals surface area contributed by atoms with Gasteiger partial charge in [-0.3, -0.25) is 0 Å². The van der Waals surface area contributed by atoms with Crippen LogP contribution in [0.1, 0.15) is 33.0 Å². The molecule has 1 aromatic carbocycles. The molecule has 0 aliphatic rings. The number of nitrogens with one attached hydrogen (secondary N) is 2. The molecule has 0 aliphatic carbocycles. The Balaban J connectivity index is 1.92. The van der Waals surface area contributed by atoms with Crippen LogP contribution in [0.5, 0.6) is 0 Å². The number of nitrogens with zero attached hydrogens (tertiary/aromatic N) is 4. The summed E-state index contributed by atoms with van der Waals surface area (Å²) in [6, 6.07) is 7.74. The molecule has 26 heavy (non-hydrogen) atoms. The van der Waals surface area contributed by atoms with Gasteiger partial charge in [-0.2, -0.15) is 0 Å². The second kappa shape index (κ2) is 9.50. The van der Waals surface area contributed by atoms with Crippen LogP contribution in [-0.4, -0.2) is 38.2 Å². The number of hydrogen-bond donors (Lipinski definition) is 2. The number of aryl methyl sites for hydroxylation is 1. The second-order valence-corrected chi connectivity index (χ2v) is 6.11. The van der Waals surface area contributed by atoms with Gasteiger partial charge < -0.3 is 15.4 Å². The number of carbonyl (C=O) groups excluding carboxylic acids is 2. The van der Waals surface area contributed by atoms with Crippen molar-refractivity contribution in [3.63, 3.8) is 0 Å². The van der Waals surface area contributed by atoms with E-state index in [1.807, 2.05) is 39.0 Å². The monoisotopic (exact) mass is 360 g/mol. The summed E-state index contributed by atoms with van der Waals surface area (Å²) in [7, 11) is 0. The van der Waals surface area contributed by atoms with Crippen molar-refractivity contribution in [2.75, 3.05) is 5.32 Å². The first kappa shape index (κ1) is 19.4. The molecular formula is C17H24N6O3. The number of rotatable bonds is 8. The highest BCUT2D eigenvalue weighted by Crippen LogP contribution is 2.08. The fourth-order valence-electron chi connectivity index (χ4n) is 2.27. The standard InChI is InChI=1S/C17H24N6O3/c1-4-10-23-14(20-21-22-23)11-26-16(24)15(12(2)3)19-17(25)18-13-8-6-5-7-9-13/h5-9,12,15H,4,10-11H2,1-3H3,(H2,18,19,25)/t15-/m0/s1. The van der Waals surface area contributed by atoms with E-state index in [2.05, 4.69) is 26.2 Å². The minimum absolute atomic E-state index is 0.0446. The van der Waals surface area contributed by atoms with E-state index in [-0.39, 0.29) is 12.5 Å². The minimum atomic E-state index is -0.783. The lowest BCUT2D eigenvalue weighted by Crippen LogP contribution is -2.47. The van der Waals surface area contributed by atoms with Crippen LogP contribution in [0.4, 0.5) is 10.5 Å². The highest BCUT2D eigenvalue weighted by Gasteiger charge is 2.26. The van der Waals surface area contributed by atoms with Crippen LogP contribution in [0.2, 0.25) is 0 Å². The zero-order chi connectivity index (χ0) is 18.9. The molecular weight excluding hydrogens is 336 g/mol. The number of para-hydroxylation sites is 1. The summed E-state index contributed by atoms with van der Waals surface area (Å²) in [6.07, 6.45) is 0.863. The molecule has 2 N–H and O–H groups in total. The molecule has 0 saturated heterocycles. The number of aromatic nitrogens is 4. The molecule has 9 nitrogen and oxygen atoms in total. The van der Waals surface area contributed by atoms with Gasteiger partial charge in [0, 0.05) is 12.2 Å². The van der Waals surface area contributed by atoms with E-state index < -0.39 is 18.0 Å². The average Bonchev–Trinajstić information content (AvgIpc) is 3.06. The normalized spacial score (nSPS) is 11.8. The first-order valence-corrected chi connectivity index (χ1v) is 8.55. The lowest BCUT2D eigenvalue weighted by Gasteiger charge is -2.21. The number of carbonyl (C=O) groups is 2. The Bertz CT molecular complexity index is 716. The third kappa shape index (κ3) is 5.54. The van der Waals surface area contributed by atoms with E-state index in [9.17, 15) is 9.59 Å². The Morgan fingerprint density at radius 1 is 1.23 bits per heavy atom. The van der Waals surface area contributed by atoms with Crippen molar-refractivity contribution in [2.24, 2.45) is 5.92 Å². The molecule has 2 aromatic rings. The molecule has 1 aromatic heterocycles. The van der Waals surface area contributed by atoms with Crippen LogP contribution in [0, 0.1) is 5.92 Å². The van der Waals surface area contributed by atoms with Gasteiger partial charge in [0.2, 0.25) is 0 Å². The molecule has 1 atom stereocenters. The van der Waals surface area contributed by atoms with E-state index in [1.54, 1.807) is 16.8 Å². The highest BCUT2D eigenvalue weighted by molar-refractivity contribution is 5.92. The van der Waals surface area contributed by atoms with Gasteiger partial charge in [0.05, 0.1) is 0 Å². The zero-order valence-electron chi connectivity index (χ0n) is 15.2. The predicted octanol–water partition coefficient (Wildman–Crippen LogP) is 1.97. The summed E-state index contributed by atoms with van der Waals surface area (Å²) in [5.74, 6) is -0.207. The van der Waals surface area contributed by atoms with E-state index in [1.165, 1.54) is 0 Å². The molecule has 0 spiro atoms. The van der Waals surface area contributed by atoms with Crippen LogP contribution in [0.15, 0.2) is 30.3 Å². The summed E-state index contributed by atoms with van der Waals surface area (Å²) in [4.78, 5) is 24.5. The van der Waals surface area contributed by atoms with Crippen LogP contribution in [0.25, 0.3) is 0 Å². The van der Waals surface area contributed by atoms with Crippen molar-refractivity contribution >= 4 is 17.7 Å². The van der Waals surface area contributed by atoms with Gasteiger partial charge in [0.15, 0.2) is 12.4 Å². The van der Waals surface area contributed by atoms with Crippen LogP contribution >= 0.6 is 0 Å². The number of benzene rings is 1. The Kier molecular flexibility index (Phi) is 7.07. The third-order valence-corrected chi connectivity index (χ3v) is 3.62. The molecule has 0 radical (unpaired) electrons. The Labute approximate surface area is 152 Å². The summed E-state index contributed by atoms with van der Waals surface area (Å²) in [6.45, 7) is 6.26. The quantitative estimate of drug-likeness (QED) is 0.696. The molecule has 1 heterocycles. The maximum atomic E-state index is 12.4. The lowest BCUT2D eigenvalue weighted by atomic mass is 10.1. The number of urea groups is 1. The smallest absolute Gasteiger partial charge is 0.329 e. The first-order chi connectivity index (χ1) is 12.5.